The van der Waals surface area contributed by atoms with Gasteiger partial charge in [-0.3, -0.25) is 4.86 Å². The number of aryl methyl sites for hydroxylation is 6. The number of hydrogen-bond acceptors (Lipinski definition) is 1. The Hall–Kier alpha value is -3.98. The van der Waals surface area contributed by atoms with E-state index in [4.69, 9.17) is 16.9 Å². The first kappa shape index (κ1) is 33.5. The van der Waals surface area contributed by atoms with Gasteiger partial charge in [-0.25, -0.2) is 0 Å². The predicted octanol–water partition coefficient (Wildman–Crippen LogP) is 10.4. The van der Waals surface area contributed by atoms with Crippen molar-refractivity contribution in [3.63, 3.8) is 0 Å². The Morgan fingerprint density at radius 3 is 0.918 bits per heavy atom. The second-order valence-electron chi connectivity index (χ2n) is 13.1. The maximum absolute atomic E-state index is 7.15. The number of anilines is 2. The van der Waals surface area contributed by atoms with Crippen LogP contribution in [0.3, 0.4) is 0 Å². The van der Waals surface area contributed by atoms with Crippen LogP contribution in [-0.4, -0.2) is 5.86 Å². The van der Waals surface area contributed by atoms with E-state index in [-0.39, 0.29) is 0 Å². The van der Waals surface area contributed by atoms with Crippen LogP contribution in [0, 0.1) is 41.5 Å². The molecule has 1 aliphatic heterocycles. The van der Waals surface area contributed by atoms with E-state index >= 15 is 0 Å². The zero-order valence-corrected chi connectivity index (χ0v) is 31.7. The van der Waals surface area contributed by atoms with Crippen LogP contribution in [-0.2, 0) is 0 Å². The number of rotatable bonds is 6. The largest absolute Gasteiger partial charge is 0.394 e. The molecule has 0 atom stereocenters. The average molecular weight is 694 g/mol. The van der Waals surface area contributed by atoms with E-state index in [1.807, 2.05) is 0 Å². The van der Waals surface area contributed by atoms with Crippen molar-refractivity contribution >= 4 is 65.6 Å². The molecule has 7 heteroatoms. The van der Waals surface area contributed by atoms with Gasteiger partial charge in [0.2, 0.25) is 5.86 Å². The van der Waals surface area contributed by atoms with Crippen molar-refractivity contribution in [1.82, 2.24) is 0 Å². The van der Waals surface area contributed by atoms with Crippen molar-refractivity contribution in [2.24, 2.45) is 0 Å². The van der Waals surface area contributed by atoms with Crippen LogP contribution in [0.1, 0.15) is 33.4 Å². The summed E-state index contributed by atoms with van der Waals surface area (Å²) in [6, 6.07) is 53.1. The summed E-state index contributed by atoms with van der Waals surface area (Å²) in [5.41, 5.74) is 9.66. The van der Waals surface area contributed by atoms with Gasteiger partial charge in [-0.05, 0) is 112 Å². The first-order valence-electron chi connectivity index (χ1n) is 16.8. The minimum Gasteiger partial charge on any atom is -0.394 e. The van der Waals surface area contributed by atoms with E-state index in [1.54, 1.807) is 0 Å². The fourth-order valence-electron chi connectivity index (χ4n) is 7.79. The Bertz CT molecular complexity index is 1870. The molecule has 1 heterocycles. The first-order valence-corrected chi connectivity index (χ1v) is 20.7. The van der Waals surface area contributed by atoms with Crippen molar-refractivity contribution in [3.8, 4) is 0 Å². The summed E-state index contributed by atoms with van der Waals surface area (Å²) < 4.78 is 5.14. The lowest BCUT2D eigenvalue weighted by Crippen LogP contribution is -2.57. The Kier molecular flexibility index (Phi) is 9.16. The van der Waals surface area contributed by atoms with Gasteiger partial charge in [0, 0.05) is 11.4 Å². The molecule has 0 radical (unpaired) electrons. The van der Waals surface area contributed by atoms with Crippen LogP contribution in [0.25, 0.3) is 4.86 Å². The zero-order valence-electron chi connectivity index (χ0n) is 29.1. The van der Waals surface area contributed by atoms with E-state index in [0.29, 0.717) is 0 Å². The molecule has 6 aromatic rings. The molecule has 0 amide bonds. The van der Waals surface area contributed by atoms with E-state index in [0.717, 1.165) is 0 Å². The average Bonchev–Trinajstić information content (AvgIpc) is 3.10. The van der Waals surface area contributed by atoms with Gasteiger partial charge in [-0.2, -0.15) is 0 Å². The Balaban J connectivity index is 1.71. The smallest absolute Gasteiger partial charge is 0.220 e. The number of hydrogen-bond donors (Lipinski definition) is 0. The van der Waals surface area contributed by atoms with Gasteiger partial charge in [-0.1, -0.05) is 108 Å². The molecule has 7 rings (SSSR count). The van der Waals surface area contributed by atoms with Crippen molar-refractivity contribution in [2.45, 2.75) is 41.5 Å². The van der Waals surface area contributed by atoms with Gasteiger partial charge < -0.3 is 21.2 Å². The highest BCUT2D eigenvalue weighted by molar-refractivity contribution is 8.14. The fourth-order valence-corrected chi connectivity index (χ4v) is 18.7. The summed E-state index contributed by atoms with van der Waals surface area (Å²) in [6.45, 7) is 13.3. The second kappa shape index (κ2) is 13.4. The van der Waals surface area contributed by atoms with E-state index in [9.17, 15) is 0 Å². The molecule has 1 aliphatic rings. The van der Waals surface area contributed by atoms with Crippen molar-refractivity contribution in [1.29, 1.82) is 0 Å². The Labute approximate surface area is 298 Å². The third-order valence-electron chi connectivity index (χ3n) is 9.49. The maximum Gasteiger partial charge on any atom is 0.220 e. The van der Waals surface area contributed by atoms with Crippen molar-refractivity contribution < 1.29 is 0 Å². The summed E-state index contributed by atoms with van der Waals surface area (Å²) in [5.74, 6) is -0.486. The molecule has 6 aromatic carbocycles. The van der Waals surface area contributed by atoms with Crippen LogP contribution < -0.4 is 30.4 Å². The SMILES string of the molecule is Cc1cc(C)c(N2[B-](=S)N(c3c(C)cc(C)cc3C)[P+](c3ccccc3)(c3ccccc3)[N-][P+]2(c2ccccc2)c2ccccc2)c(C)c1. The Morgan fingerprint density at radius 1 is 0.429 bits per heavy atom. The molecule has 49 heavy (non-hydrogen) atoms. The van der Waals surface area contributed by atoms with Crippen LogP contribution in [0.5, 0.6) is 0 Å². The topological polar surface area (TPSA) is 20.6 Å². The highest BCUT2D eigenvalue weighted by Gasteiger charge is 2.57. The van der Waals surface area contributed by atoms with Gasteiger partial charge in [-0.15, -0.1) is 0 Å². The molecule has 1 fully saturated rings. The van der Waals surface area contributed by atoms with Gasteiger partial charge in [0.15, 0.2) is 0 Å². The highest BCUT2D eigenvalue weighted by atomic mass is 32.1. The molecule has 0 bridgehead atoms. The minimum atomic E-state index is -2.84. The maximum atomic E-state index is 7.15. The number of benzene rings is 6. The third kappa shape index (κ3) is 5.58. The summed E-state index contributed by atoms with van der Waals surface area (Å²) in [7, 11) is -5.68. The Morgan fingerprint density at radius 2 is 0.673 bits per heavy atom. The summed E-state index contributed by atoms with van der Waals surface area (Å²) >= 11 is 7.15. The molecule has 0 unspecified atom stereocenters. The van der Waals surface area contributed by atoms with E-state index in [2.05, 4.69) is 196 Å². The van der Waals surface area contributed by atoms with Gasteiger partial charge in [0.25, 0.3) is 0 Å². The predicted molar refractivity (Wildman–Crippen MR) is 221 cm³/mol. The van der Waals surface area contributed by atoms with Gasteiger partial charge >= 0.3 is 0 Å². The molecule has 0 aromatic heterocycles. The van der Waals surface area contributed by atoms with E-state index < -0.39 is 21.0 Å². The molecule has 1 saturated heterocycles. The van der Waals surface area contributed by atoms with Gasteiger partial charge in [0.1, 0.15) is 21.2 Å². The fraction of sp³-hybridized carbons (Fsp3) is 0.143. The molecular formula is C42H42BN3P2S. The second-order valence-corrected chi connectivity index (χ2v) is 19.6. The minimum absolute atomic E-state index is 0.486. The zero-order chi connectivity index (χ0) is 34.3. The number of nitrogens with zero attached hydrogens (tertiary/aromatic N) is 3. The quantitative estimate of drug-likeness (QED) is 0.128. The standard InChI is InChI=1S/C42H42BN3P2S/c1-31-27-33(3)41(34(4)28-31)45-43(49)46(42-35(5)29-32(2)30-36(42)6)48(39-23-15-9-16-24-39,40-25-17-10-18-26-40)44-47(45,37-19-11-7-12-20-37)38-21-13-8-14-22-38/h7-30H,1-6H3. The molecule has 3 nitrogen and oxygen atoms in total. The molecule has 0 saturated carbocycles. The van der Waals surface area contributed by atoms with Crippen LogP contribution in [0.15, 0.2) is 146 Å². The highest BCUT2D eigenvalue weighted by Crippen LogP contribution is 2.86. The molecule has 0 N–H and O–H groups in total. The molecule has 0 aliphatic carbocycles. The van der Waals surface area contributed by atoms with Crippen LogP contribution >= 0.6 is 27.2 Å². The first-order chi connectivity index (χ1) is 23.7. The monoisotopic (exact) mass is 693 g/mol. The summed E-state index contributed by atoms with van der Waals surface area (Å²) in [5, 5.41) is 4.79. The summed E-state index contributed by atoms with van der Waals surface area (Å²) in [6.07, 6.45) is 0. The third-order valence-corrected chi connectivity index (χ3v) is 18.5. The van der Waals surface area contributed by atoms with Crippen LogP contribution in [0.2, 0.25) is 0 Å². The van der Waals surface area contributed by atoms with Crippen molar-refractivity contribution in [3.05, 3.63) is 184 Å². The lowest BCUT2D eigenvalue weighted by molar-refractivity contribution is 1.26. The summed E-state index contributed by atoms with van der Waals surface area (Å²) in [4.78, 5) is 6.61. The van der Waals surface area contributed by atoms with E-state index in [1.165, 1.54) is 66.0 Å². The normalized spacial score (nSPS) is 15.3. The lowest BCUT2D eigenvalue weighted by Gasteiger charge is -2.66. The molecule has 244 valence electrons. The molecule has 0 spiro atoms. The lowest BCUT2D eigenvalue weighted by atomic mass is 9.98. The molecular weight excluding hydrogens is 651 g/mol. The van der Waals surface area contributed by atoms with Gasteiger partial charge in [0.05, 0.1) is 15.1 Å². The van der Waals surface area contributed by atoms with Crippen LogP contribution in [0.4, 0.5) is 11.4 Å². The van der Waals surface area contributed by atoms with Crippen molar-refractivity contribution in [2.75, 3.05) is 9.16 Å².